The maximum atomic E-state index is 12.4. The Bertz CT molecular complexity index is 570. The van der Waals surface area contributed by atoms with Gasteiger partial charge >= 0.3 is 12.1 Å². The molecule has 0 saturated heterocycles. The lowest BCUT2D eigenvalue weighted by Crippen LogP contribution is -2.41. The van der Waals surface area contributed by atoms with Crippen LogP contribution in [0.5, 0.6) is 0 Å². The maximum Gasteiger partial charge on any atom is 0.416 e. The van der Waals surface area contributed by atoms with Crippen molar-refractivity contribution in [2.75, 3.05) is 0 Å². The van der Waals surface area contributed by atoms with E-state index in [1.54, 1.807) is 0 Å². The summed E-state index contributed by atoms with van der Waals surface area (Å²) >= 11 is 3.01. The topological polar surface area (TPSA) is 66.4 Å². The van der Waals surface area contributed by atoms with Gasteiger partial charge in [-0.1, -0.05) is 34.6 Å². The summed E-state index contributed by atoms with van der Waals surface area (Å²) in [5.74, 6) is -1.82. The van der Waals surface area contributed by atoms with E-state index in [4.69, 9.17) is 5.11 Å². The molecule has 0 saturated carbocycles. The lowest BCUT2D eigenvalue weighted by Gasteiger charge is -2.14. The Morgan fingerprint density at radius 1 is 1.27 bits per heavy atom. The van der Waals surface area contributed by atoms with E-state index in [9.17, 15) is 22.8 Å². The van der Waals surface area contributed by atoms with Crippen molar-refractivity contribution in [2.45, 2.75) is 25.1 Å². The highest BCUT2D eigenvalue weighted by molar-refractivity contribution is 9.11. The number of nitrogens with one attached hydrogen (secondary N) is 1. The summed E-state index contributed by atoms with van der Waals surface area (Å²) in [4.78, 5) is 22.7. The lowest BCUT2D eigenvalue weighted by atomic mass is 10.1. The molecule has 2 N–H and O–H groups in total. The smallest absolute Gasteiger partial charge is 0.416 e. The van der Waals surface area contributed by atoms with Gasteiger partial charge in [0.25, 0.3) is 0 Å². The minimum atomic E-state index is -4.44. The molecule has 1 atom stereocenters. The Morgan fingerprint density at radius 3 is 2.23 bits per heavy atom. The Labute approximate surface area is 133 Å². The van der Waals surface area contributed by atoms with Gasteiger partial charge in [0.15, 0.2) is 0 Å². The lowest BCUT2D eigenvalue weighted by molar-refractivity contribution is -0.141. The number of aliphatic carboxylic acids is 1. The minimum absolute atomic E-state index is 0.00802. The first-order valence-corrected chi connectivity index (χ1v) is 6.90. The van der Waals surface area contributed by atoms with E-state index in [0.29, 0.717) is 10.0 Å². The van der Waals surface area contributed by atoms with Gasteiger partial charge in [-0.2, -0.15) is 13.2 Å². The zero-order chi connectivity index (χ0) is 16.9. The predicted octanol–water partition coefficient (Wildman–Crippen LogP) is 3.12. The van der Waals surface area contributed by atoms with E-state index in [1.165, 1.54) is 12.1 Å². The molecule has 120 valence electrons. The highest BCUT2D eigenvalue weighted by Crippen LogP contribution is 2.29. The quantitative estimate of drug-likeness (QED) is 0.797. The van der Waals surface area contributed by atoms with Gasteiger partial charge in [-0.15, -0.1) is 0 Å². The molecule has 8 heteroatoms. The van der Waals surface area contributed by atoms with E-state index < -0.39 is 29.7 Å². The van der Waals surface area contributed by atoms with Crippen molar-refractivity contribution in [3.63, 3.8) is 0 Å². The molecule has 0 radical (unpaired) electrons. The summed E-state index contributed by atoms with van der Waals surface area (Å²) in [6.07, 6.45) is -4.64. The zero-order valence-electron chi connectivity index (χ0n) is 11.3. The fraction of sp³-hybridized carbons (Fsp3) is 0.286. The Morgan fingerprint density at radius 2 is 1.82 bits per heavy atom. The van der Waals surface area contributed by atoms with Crippen molar-refractivity contribution in [3.05, 3.63) is 46.5 Å². The number of carbonyl (C=O) groups excluding carboxylic acids is 1. The number of rotatable bonds is 6. The molecule has 0 aliphatic heterocycles. The van der Waals surface area contributed by atoms with E-state index >= 15 is 0 Å². The van der Waals surface area contributed by atoms with Crippen molar-refractivity contribution in [1.82, 2.24) is 5.32 Å². The SMILES string of the molecule is C=C(Br)C[C@@H](NC(=O)Cc1ccc(C(F)(F)F)cc1)C(=O)O. The maximum absolute atomic E-state index is 12.4. The second-order valence-electron chi connectivity index (χ2n) is 4.55. The van der Waals surface area contributed by atoms with Crippen LogP contribution < -0.4 is 5.32 Å². The van der Waals surface area contributed by atoms with E-state index in [1.807, 2.05) is 0 Å². The fourth-order valence-corrected chi connectivity index (χ4v) is 1.99. The average molecular weight is 380 g/mol. The van der Waals surface area contributed by atoms with Gasteiger partial charge in [-0.25, -0.2) is 4.79 Å². The van der Waals surface area contributed by atoms with Gasteiger partial charge in [0.2, 0.25) is 5.91 Å². The molecule has 1 aromatic rings. The number of carboxylic acid groups (broad SMARTS) is 1. The number of carbonyl (C=O) groups is 2. The highest BCUT2D eigenvalue weighted by Gasteiger charge is 2.30. The molecule has 0 aliphatic rings. The summed E-state index contributed by atoms with van der Waals surface area (Å²) in [5.41, 5.74) is -0.456. The van der Waals surface area contributed by atoms with Gasteiger partial charge in [0.1, 0.15) is 6.04 Å². The molecule has 0 spiro atoms. The van der Waals surface area contributed by atoms with E-state index in [-0.39, 0.29) is 12.8 Å². The normalized spacial score (nSPS) is 12.5. The number of amides is 1. The van der Waals surface area contributed by atoms with Crippen molar-refractivity contribution >= 4 is 27.8 Å². The molecule has 4 nitrogen and oxygen atoms in total. The molecule has 0 aromatic heterocycles. The first-order chi connectivity index (χ1) is 10.1. The monoisotopic (exact) mass is 379 g/mol. The Kier molecular flexibility index (Phi) is 6.16. The van der Waals surface area contributed by atoms with Crippen LogP contribution in [0.15, 0.2) is 35.3 Å². The van der Waals surface area contributed by atoms with Gasteiger partial charge < -0.3 is 10.4 Å². The zero-order valence-corrected chi connectivity index (χ0v) is 12.9. The number of benzene rings is 1. The molecule has 0 bridgehead atoms. The van der Waals surface area contributed by atoms with E-state index in [0.717, 1.165) is 12.1 Å². The number of hydrogen-bond donors (Lipinski definition) is 2. The fourth-order valence-electron chi connectivity index (χ4n) is 1.66. The second-order valence-corrected chi connectivity index (χ2v) is 5.67. The molecular weight excluding hydrogens is 367 g/mol. The third kappa shape index (κ3) is 5.88. The average Bonchev–Trinajstić information content (AvgIpc) is 2.36. The van der Waals surface area contributed by atoms with Crippen LogP contribution in [0.4, 0.5) is 13.2 Å². The van der Waals surface area contributed by atoms with Crippen LogP contribution in [0.3, 0.4) is 0 Å². The largest absolute Gasteiger partial charge is 0.480 e. The summed E-state index contributed by atoms with van der Waals surface area (Å²) in [6.45, 7) is 3.50. The third-order valence-electron chi connectivity index (χ3n) is 2.70. The summed E-state index contributed by atoms with van der Waals surface area (Å²) in [6, 6.07) is 2.96. The van der Waals surface area contributed by atoms with Crippen LogP contribution in [-0.4, -0.2) is 23.0 Å². The summed E-state index contributed by atoms with van der Waals surface area (Å²) < 4.78 is 37.6. The van der Waals surface area contributed by atoms with E-state index in [2.05, 4.69) is 27.8 Å². The summed E-state index contributed by atoms with van der Waals surface area (Å²) in [7, 11) is 0. The third-order valence-corrected chi connectivity index (χ3v) is 3.03. The molecule has 0 unspecified atom stereocenters. The standard InChI is InChI=1S/C14H13BrF3NO3/c1-8(15)6-11(13(21)22)19-12(20)7-9-2-4-10(5-3-9)14(16,17)18/h2-5,11H,1,6-7H2,(H,19,20)(H,21,22)/t11-/m1/s1. The number of carboxylic acids is 1. The number of halogens is 4. The molecule has 0 aliphatic carbocycles. The van der Waals surface area contributed by atoms with Gasteiger partial charge in [0.05, 0.1) is 12.0 Å². The van der Waals surface area contributed by atoms with Crippen LogP contribution in [0, 0.1) is 0 Å². The van der Waals surface area contributed by atoms with Crippen LogP contribution in [0.25, 0.3) is 0 Å². The van der Waals surface area contributed by atoms with Crippen LogP contribution in [-0.2, 0) is 22.2 Å². The first kappa shape index (κ1) is 18.2. The van der Waals surface area contributed by atoms with Crippen molar-refractivity contribution in [1.29, 1.82) is 0 Å². The Balaban J connectivity index is 2.68. The Hall–Kier alpha value is -1.83. The highest BCUT2D eigenvalue weighted by atomic mass is 79.9. The van der Waals surface area contributed by atoms with Crippen LogP contribution in [0.1, 0.15) is 17.5 Å². The molecule has 1 rings (SSSR count). The predicted molar refractivity (Wildman–Crippen MR) is 77.4 cm³/mol. The molecule has 0 fully saturated rings. The van der Waals surface area contributed by atoms with Crippen molar-refractivity contribution in [2.24, 2.45) is 0 Å². The van der Waals surface area contributed by atoms with Crippen LogP contribution >= 0.6 is 15.9 Å². The minimum Gasteiger partial charge on any atom is -0.480 e. The van der Waals surface area contributed by atoms with Crippen LogP contribution in [0.2, 0.25) is 0 Å². The molecule has 1 aromatic carbocycles. The molecule has 0 heterocycles. The number of alkyl halides is 3. The van der Waals surface area contributed by atoms with Crippen molar-refractivity contribution < 1.29 is 27.9 Å². The summed E-state index contributed by atoms with van der Waals surface area (Å²) in [5, 5.41) is 11.3. The second kappa shape index (κ2) is 7.44. The van der Waals surface area contributed by atoms with Gasteiger partial charge in [0, 0.05) is 6.42 Å². The molecule has 1 amide bonds. The van der Waals surface area contributed by atoms with Crippen molar-refractivity contribution in [3.8, 4) is 0 Å². The van der Waals surface area contributed by atoms with Gasteiger partial charge in [-0.3, -0.25) is 4.79 Å². The van der Waals surface area contributed by atoms with Gasteiger partial charge in [-0.05, 0) is 22.2 Å². The number of hydrogen-bond acceptors (Lipinski definition) is 2. The molecule has 22 heavy (non-hydrogen) atoms. The molecular formula is C14H13BrF3NO3. The first-order valence-electron chi connectivity index (χ1n) is 6.11.